The zero-order valence-corrected chi connectivity index (χ0v) is 15.0. The van der Waals surface area contributed by atoms with E-state index in [0.29, 0.717) is 11.7 Å². The van der Waals surface area contributed by atoms with E-state index in [1.165, 1.54) is 12.7 Å². The summed E-state index contributed by atoms with van der Waals surface area (Å²) in [7, 11) is 1.51. The van der Waals surface area contributed by atoms with E-state index in [1.807, 2.05) is 58.9 Å². The fourth-order valence-electron chi connectivity index (χ4n) is 1.22. The predicted molar refractivity (Wildman–Crippen MR) is 93.1 cm³/mol. The lowest BCUT2D eigenvalue weighted by Crippen LogP contribution is -1.78. The predicted octanol–water partition coefficient (Wildman–Crippen LogP) is 5.04. The molecule has 0 aliphatic carbocycles. The van der Waals surface area contributed by atoms with Gasteiger partial charge in [-0.05, 0) is 32.9 Å². The lowest BCUT2D eigenvalue weighted by atomic mass is 10.1. The number of nitrogens with zero attached hydrogens (tertiary/aromatic N) is 3. The van der Waals surface area contributed by atoms with Crippen molar-refractivity contribution in [3.63, 3.8) is 0 Å². The molecule has 124 valence electrons. The molecular formula is C17H29N3O2. The summed E-state index contributed by atoms with van der Waals surface area (Å²) in [6.45, 7) is 13.6. The molecule has 1 aromatic heterocycles. The average molecular weight is 307 g/mol. The monoisotopic (exact) mass is 307 g/mol. The van der Waals surface area contributed by atoms with Gasteiger partial charge in [0.25, 0.3) is 5.89 Å². The maximum atomic E-state index is 5.03. The van der Waals surface area contributed by atoms with E-state index in [-0.39, 0.29) is 0 Å². The van der Waals surface area contributed by atoms with E-state index < -0.39 is 0 Å². The lowest BCUT2D eigenvalue weighted by molar-refractivity contribution is 0.215. The van der Waals surface area contributed by atoms with Gasteiger partial charge in [0.15, 0.2) is 5.82 Å². The molecule has 0 N–H and O–H groups in total. The van der Waals surface area contributed by atoms with Crippen LogP contribution in [-0.2, 0) is 4.84 Å². The second-order valence-electron chi connectivity index (χ2n) is 3.56. The standard InChI is InChI=1S/C10H10N2O.C3H7NO.2C2H6/c1-7-3-5-9(6-4-7)10-11-8(2)12-13-10;1-3-4-5-2;2*1-2/h3-6H,1-2H3;3H,1-2H3;2*1-2H3/b;4-3+;;. The molecule has 1 heterocycles. The highest BCUT2D eigenvalue weighted by molar-refractivity contribution is 5.53. The molecule has 1 aromatic carbocycles. The fraction of sp³-hybridized carbons (Fsp3) is 0.471. The number of hydrogen-bond donors (Lipinski definition) is 0. The van der Waals surface area contributed by atoms with Crippen LogP contribution >= 0.6 is 0 Å². The Labute approximate surface area is 134 Å². The minimum absolute atomic E-state index is 0.581. The fourth-order valence-corrected chi connectivity index (χ4v) is 1.22. The smallest absolute Gasteiger partial charge is 0.257 e. The normalized spacial score (nSPS) is 8.73. The molecule has 0 spiro atoms. The maximum absolute atomic E-state index is 5.03. The first-order valence-corrected chi connectivity index (χ1v) is 7.56. The summed E-state index contributed by atoms with van der Waals surface area (Å²) in [4.78, 5) is 8.39. The van der Waals surface area contributed by atoms with Crippen LogP contribution in [0.3, 0.4) is 0 Å². The maximum Gasteiger partial charge on any atom is 0.257 e. The van der Waals surface area contributed by atoms with Crippen LogP contribution < -0.4 is 0 Å². The van der Waals surface area contributed by atoms with Crippen LogP contribution in [0.1, 0.15) is 46.0 Å². The van der Waals surface area contributed by atoms with Gasteiger partial charge in [-0.15, -0.1) is 5.16 Å². The van der Waals surface area contributed by atoms with Crippen LogP contribution in [-0.4, -0.2) is 23.5 Å². The zero-order chi connectivity index (χ0) is 17.4. The molecule has 2 rings (SSSR count). The van der Waals surface area contributed by atoms with E-state index in [1.54, 1.807) is 20.1 Å². The number of rotatable bonds is 2. The summed E-state index contributed by atoms with van der Waals surface area (Å²) in [6, 6.07) is 7.99. The number of aromatic nitrogens is 2. The third-order valence-corrected chi connectivity index (χ3v) is 2.04. The summed E-state index contributed by atoms with van der Waals surface area (Å²) in [5.41, 5.74) is 2.19. The van der Waals surface area contributed by atoms with Crippen molar-refractivity contribution < 1.29 is 9.36 Å². The van der Waals surface area contributed by atoms with Crippen molar-refractivity contribution in [2.45, 2.75) is 48.5 Å². The highest BCUT2D eigenvalue weighted by Gasteiger charge is 2.04. The second kappa shape index (κ2) is 15.2. The van der Waals surface area contributed by atoms with Crippen molar-refractivity contribution in [3.05, 3.63) is 35.7 Å². The van der Waals surface area contributed by atoms with Gasteiger partial charge < -0.3 is 9.36 Å². The van der Waals surface area contributed by atoms with E-state index in [0.717, 1.165) is 5.56 Å². The Morgan fingerprint density at radius 2 is 1.59 bits per heavy atom. The SMILES string of the molecule is C/C=N/OC.CC.CC.Cc1ccc(-c2nc(C)no2)cc1. The molecule has 2 aromatic rings. The van der Waals surface area contributed by atoms with E-state index in [2.05, 4.69) is 20.1 Å². The van der Waals surface area contributed by atoms with Crippen molar-refractivity contribution >= 4 is 6.21 Å². The molecule has 0 aliphatic rings. The van der Waals surface area contributed by atoms with Crippen molar-refractivity contribution in [2.24, 2.45) is 5.16 Å². The van der Waals surface area contributed by atoms with Gasteiger partial charge >= 0.3 is 0 Å². The third-order valence-electron chi connectivity index (χ3n) is 2.04. The Bertz CT molecular complexity index is 491. The van der Waals surface area contributed by atoms with E-state index in [9.17, 15) is 0 Å². The molecule has 0 saturated carbocycles. The Morgan fingerprint density at radius 1 is 1.05 bits per heavy atom. The van der Waals surface area contributed by atoms with Gasteiger partial charge in [-0.1, -0.05) is 50.5 Å². The van der Waals surface area contributed by atoms with Crippen LogP contribution in [0.2, 0.25) is 0 Å². The lowest BCUT2D eigenvalue weighted by Gasteiger charge is -1.93. The topological polar surface area (TPSA) is 60.5 Å². The Hall–Kier alpha value is -2.17. The van der Waals surface area contributed by atoms with Gasteiger partial charge in [-0.3, -0.25) is 0 Å². The Balaban J connectivity index is 0. The highest BCUT2D eigenvalue weighted by atomic mass is 16.6. The van der Waals surface area contributed by atoms with Crippen LogP contribution in [0.15, 0.2) is 33.9 Å². The van der Waals surface area contributed by atoms with E-state index in [4.69, 9.17) is 4.52 Å². The van der Waals surface area contributed by atoms with Crippen LogP contribution in [0.5, 0.6) is 0 Å². The summed E-state index contributed by atoms with van der Waals surface area (Å²) >= 11 is 0. The molecule has 22 heavy (non-hydrogen) atoms. The summed E-state index contributed by atoms with van der Waals surface area (Å²) < 4.78 is 5.03. The second-order valence-corrected chi connectivity index (χ2v) is 3.56. The third kappa shape index (κ3) is 9.69. The first-order chi connectivity index (χ1) is 10.7. The summed E-state index contributed by atoms with van der Waals surface area (Å²) in [5, 5.41) is 7.08. The van der Waals surface area contributed by atoms with Crippen LogP contribution in [0.25, 0.3) is 11.5 Å². The number of hydrogen-bond acceptors (Lipinski definition) is 5. The summed E-state index contributed by atoms with van der Waals surface area (Å²) in [6.07, 6.45) is 1.58. The molecule has 0 unspecified atom stereocenters. The Kier molecular flexibility index (Phi) is 15.3. The molecule has 0 radical (unpaired) electrons. The van der Waals surface area contributed by atoms with Gasteiger partial charge in [0.1, 0.15) is 7.11 Å². The largest absolute Gasteiger partial charge is 0.399 e. The first kappa shape index (κ1) is 22.1. The van der Waals surface area contributed by atoms with Gasteiger partial charge in [-0.25, -0.2) is 0 Å². The highest BCUT2D eigenvalue weighted by Crippen LogP contribution is 2.16. The van der Waals surface area contributed by atoms with Crippen molar-refractivity contribution in [2.75, 3.05) is 7.11 Å². The minimum Gasteiger partial charge on any atom is -0.399 e. The van der Waals surface area contributed by atoms with Gasteiger partial charge in [0.2, 0.25) is 0 Å². The van der Waals surface area contributed by atoms with Crippen LogP contribution in [0, 0.1) is 13.8 Å². The number of aryl methyl sites for hydroxylation is 2. The molecule has 5 nitrogen and oxygen atoms in total. The molecule has 5 heteroatoms. The molecule has 0 amide bonds. The van der Waals surface area contributed by atoms with Gasteiger partial charge in [0.05, 0.1) is 0 Å². The Morgan fingerprint density at radius 3 is 1.91 bits per heavy atom. The molecule has 0 bridgehead atoms. The molecule has 0 fully saturated rings. The molecule has 0 saturated heterocycles. The van der Waals surface area contributed by atoms with Crippen molar-refractivity contribution in [3.8, 4) is 11.5 Å². The number of oxime groups is 1. The minimum atomic E-state index is 0.581. The molecule has 0 aliphatic heterocycles. The first-order valence-electron chi connectivity index (χ1n) is 7.56. The van der Waals surface area contributed by atoms with Gasteiger partial charge in [-0.2, -0.15) is 4.98 Å². The molecule has 0 atom stereocenters. The summed E-state index contributed by atoms with van der Waals surface area (Å²) in [5.74, 6) is 1.24. The van der Waals surface area contributed by atoms with Crippen LogP contribution in [0.4, 0.5) is 0 Å². The molecular weight excluding hydrogens is 278 g/mol. The zero-order valence-electron chi connectivity index (χ0n) is 15.0. The number of benzene rings is 1. The van der Waals surface area contributed by atoms with Crippen molar-refractivity contribution in [1.29, 1.82) is 0 Å². The quantitative estimate of drug-likeness (QED) is 0.575. The van der Waals surface area contributed by atoms with E-state index >= 15 is 0 Å². The average Bonchev–Trinajstić information content (AvgIpc) is 3.00. The van der Waals surface area contributed by atoms with Gasteiger partial charge in [0, 0.05) is 11.8 Å². The van der Waals surface area contributed by atoms with Crippen molar-refractivity contribution in [1.82, 2.24) is 10.1 Å².